The van der Waals surface area contributed by atoms with Gasteiger partial charge in [-0.2, -0.15) is 4.31 Å². The van der Waals surface area contributed by atoms with Crippen molar-refractivity contribution in [2.45, 2.75) is 31.3 Å². The van der Waals surface area contributed by atoms with Crippen molar-refractivity contribution in [2.75, 3.05) is 13.1 Å². The van der Waals surface area contributed by atoms with Crippen LogP contribution in [0.1, 0.15) is 30.6 Å². The lowest BCUT2D eigenvalue weighted by Gasteiger charge is -2.30. The third kappa shape index (κ3) is 3.32. The molecule has 1 aliphatic rings. The molecule has 0 N–H and O–H groups in total. The lowest BCUT2D eigenvalue weighted by molar-refractivity contribution is -0.132. The summed E-state index contributed by atoms with van der Waals surface area (Å²) in [6, 6.07) is 16.1. The summed E-state index contributed by atoms with van der Waals surface area (Å²) in [4.78, 5) is 14.3. The van der Waals surface area contributed by atoms with Gasteiger partial charge in [0.05, 0.1) is 4.90 Å². The van der Waals surface area contributed by atoms with E-state index in [1.807, 2.05) is 37.3 Å². The Kier molecular flexibility index (Phi) is 4.92. The SMILES string of the molecule is CCC(=O)N1CCN(S(=O)(=O)c2ccc(C)cc2)[C@H]1c1ccccc1. The molecule has 6 heteroatoms. The Morgan fingerprint density at radius 2 is 1.68 bits per heavy atom. The van der Waals surface area contributed by atoms with E-state index in [1.54, 1.807) is 36.1 Å². The largest absolute Gasteiger partial charge is 0.320 e. The number of benzene rings is 2. The number of rotatable bonds is 4. The zero-order chi connectivity index (χ0) is 18.0. The van der Waals surface area contributed by atoms with Crippen LogP contribution in [0.15, 0.2) is 59.5 Å². The Hall–Kier alpha value is -2.18. The average molecular weight is 358 g/mol. The molecular weight excluding hydrogens is 336 g/mol. The van der Waals surface area contributed by atoms with Gasteiger partial charge in [-0.15, -0.1) is 0 Å². The van der Waals surface area contributed by atoms with Gasteiger partial charge in [0.15, 0.2) is 0 Å². The fraction of sp³-hybridized carbons (Fsp3) is 0.316. The minimum absolute atomic E-state index is 0.0459. The van der Waals surface area contributed by atoms with Crippen LogP contribution in [0.2, 0.25) is 0 Å². The first-order chi connectivity index (χ1) is 11.9. The molecule has 1 heterocycles. The van der Waals surface area contributed by atoms with Crippen molar-refractivity contribution in [2.24, 2.45) is 0 Å². The van der Waals surface area contributed by atoms with E-state index in [2.05, 4.69) is 0 Å². The molecule has 1 fully saturated rings. The molecule has 2 aromatic rings. The van der Waals surface area contributed by atoms with Crippen LogP contribution in [-0.2, 0) is 14.8 Å². The van der Waals surface area contributed by atoms with Crippen molar-refractivity contribution >= 4 is 15.9 Å². The normalized spacial score (nSPS) is 18.5. The van der Waals surface area contributed by atoms with Gasteiger partial charge in [0.1, 0.15) is 6.17 Å². The summed E-state index contributed by atoms with van der Waals surface area (Å²) in [5.41, 5.74) is 1.81. The van der Waals surface area contributed by atoms with Crippen LogP contribution in [-0.4, -0.2) is 36.6 Å². The van der Waals surface area contributed by atoms with Gasteiger partial charge in [-0.05, 0) is 24.6 Å². The maximum atomic E-state index is 13.2. The predicted molar refractivity (Wildman–Crippen MR) is 96.3 cm³/mol. The standard InChI is InChI=1S/C19H22N2O3S/c1-3-18(22)20-13-14-21(19(20)16-7-5-4-6-8-16)25(23,24)17-11-9-15(2)10-12-17/h4-12,19H,3,13-14H2,1-2H3/t19-/m0/s1. The van der Waals surface area contributed by atoms with Crippen LogP contribution in [0.5, 0.6) is 0 Å². The minimum atomic E-state index is -3.69. The van der Waals surface area contributed by atoms with Gasteiger partial charge in [-0.3, -0.25) is 4.79 Å². The summed E-state index contributed by atoms with van der Waals surface area (Å²) < 4.78 is 27.8. The first-order valence-corrected chi connectivity index (χ1v) is 9.82. The molecular formula is C19H22N2O3S. The Bertz CT molecular complexity index is 848. The van der Waals surface area contributed by atoms with Crippen LogP contribution in [0.4, 0.5) is 0 Å². The van der Waals surface area contributed by atoms with E-state index in [-0.39, 0.29) is 10.8 Å². The first kappa shape index (κ1) is 17.6. The van der Waals surface area contributed by atoms with Gasteiger partial charge < -0.3 is 4.90 Å². The third-order valence-corrected chi connectivity index (χ3v) is 6.34. The Morgan fingerprint density at radius 3 is 2.28 bits per heavy atom. The second-order valence-electron chi connectivity index (χ2n) is 6.15. The molecule has 25 heavy (non-hydrogen) atoms. The van der Waals surface area contributed by atoms with Gasteiger partial charge >= 0.3 is 0 Å². The monoisotopic (exact) mass is 358 g/mol. The molecule has 1 saturated heterocycles. The lowest BCUT2D eigenvalue weighted by atomic mass is 10.1. The quantitative estimate of drug-likeness (QED) is 0.844. The van der Waals surface area contributed by atoms with Crippen molar-refractivity contribution < 1.29 is 13.2 Å². The summed E-state index contributed by atoms with van der Waals surface area (Å²) in [7, 11) is -3.69. The molecule has 1 atom stereocenters. The molecule has 0 bridgehead atoms. The molecule has 132 valence electrons. The summed E-state index contributed by atoms with van der Waals surface area (Å²) >= 11 is 0. The number of nitrogens with zero attached hydrogens (tertiary/aromatic N) is 2. The number of amides is 1. The van der Waals surface area contributed by atoms with Crippen molar-refractivity contribution in [3.05, 3.63) is 65.7 Å². The topological polar surface area (TPSA) is 57.7 Å². The smallest absolute Gasteiger partial charge is 0.245 e. The molecule has 0 aromatic heterocycles. The van der Waals surface area contributed by atoms with Crippen LogP contribution in [0.25, 0.3) is 0 Å². The fourth-order valence-corrected chi connectivity index (χ4v) is 4.71. The molecule has 0 aliphatic carbocycles. The molecule has 1 aliphatic heterocycles. The number of hydrogen-bond acceptors (Lipinski definition) is 3. The molecule has 2 aromatic carbocycles. The zero-order valence-electron chi connectivity index (χ0n) is 14.4. The van der Waals surface area contributed by atoms with Gasteiger partial charge in [0.2, 0.25) is 15.9 Å². The van der Waals surface area contributed by atoms with Crippen LogP contribution in [0.3, 0.4) is 0 Å². The van der Waals surface area contributed by atoms with Gasteiger partial charge in [-0.1, -0.05) is 55.0 Å². The Morgan fingerprint density at radius 1 is 1.04 bits per heavy atom. The highest BCUT2D eigenvalue weighted by Gasteiger charge is 2.42. The van der Waals surface area contributed by atoms with E-state index >= 15 is 0 Å². The van der Waals surface area contributed by atoms with Gasteiger partial charge in [-0.25, -0.2) is 8.42 Å². The Balaban J connectivity index is 2.04. The second-order valence-corrected chi connectivity index (χ2v) is 8.04. The minimum Gasteiger partial charge on any atom is -0.320 e. The van der Waals surface area contributed by atoms with Crippen LogP contribution < -0.4 is 0 Å². The number of sulfonamides is 1. The molecule has 1 amide bonds. The van der Waals surface area contributed by atoms with E-state index in [4.69, 9.17) is 0 Å². The highest BCUT2D eigenvalue weighted by molar-refractivity contribution is 7.89. The third-order valence-electron chi connectivity index (χ3n) is 4.48. The zero-order valence-corrected chi connectivity index (χ0v) is 15.2. The molecule has 0 spiro atoms. The van der Waals surface area contributed by atoms with Crippen molar-refractivity contribution in [3.8, 4) is 0 Å². The molecule has 0 radical (unpaired) electrons. The number of hydrogen-bond donors (Lipinski definition) is 0. The van der Waals surface area contributed by atoms with E-state index in [0.717, 1.165) is 11.1 Å². The number of carbonyl (C=O) groups is 1. The van der Waals surface area contributed by atoms with E-state index in [1.165, 1.54) is 4.31 Å². The highest BCUT2D eigenvalue weighted by atomic mass is 32.2. The van der Waals surface area contributed by atoms with Gasteiger partial charge in [0, 0.05) is 19.5 Å². The predicted octanol–water partition coefficient (Wildman–Crippen LogP) is 2.94. The summed E-state index contributed by atoms with van der Waals surface area (Å²) in [5, 5.41) is 0. The van der Waals surface area contributed by atoms with Crippen LogP contribution in [0, 0.1) is 6.92 Å². The molecule has 5 nitrogen and oxygen atoms in total. The molecule has 0 unspecified atom stereocenters. The maximum absolute atomic E-state index is 13.2. The fourth-order valence-electron chi connectivity index (χ4n) is 3.14. The lowest BCUT2D eigenvalue weighted by Crippen LogP contribution is -2.37. The summed E-state index contributed by atoms with van der Waals surface area (Å²) in [5.74, 6) is -0.0459. The van der Waals surface area contributed by atoms with E-state index in [9.17, 15) is 13.2 Å². The molecule has 0 saturated carbocycles. The van der Waals surface area contributed by atoms with E-state index < -0.39 is 16.2 Å². The van der Waals surface area contributed by atoms with E-state index in [0.29, 0.717) is 19.5 Å². The van der Waals surface area contributed by atoms with Crippen LogP contribution >= 0.6 is 0 Å². The Labute approximate surface area is 148 Å². The summed E-state index contributed by atoms with van der Waals surface area (Å²) in [6.45, 7) is 4.40. The average Bonchev–Trinajstić information content (AvgIpc) is 3.08. The van der Waals surface area contributed by atoms with Gasteiger partial charge in [0.25, 0.3) is 0 Å². The van der Waals surface area contributed by atoms with Crippen molar-refractivity contribution in [1.82, 2.24) is 9.21 Å². The van der Waals surface area contributed by atoms with Crippen molar-refractivity contribution in [3.63, 3.8) is 0 Å². The highest BCUT2D eigenvalue weighted by Crippen LogP contribution is 2.35. The first-order valence-electron chi connectivity index (χ1n) is 8.38. The maximum Gasteiger partial charge on any atom is 0.245 e. The molecule has 3 rings (SSSR count). The van der Waals surface area contributed by atoms with Crippen molar-refractivity contribution in [1.29, 1.82) is 0 Å². The second kappa shape index (κ2) is 6.98. The summed E-state index contributed by atoms with van der Waals surface area (Å²) in [6.07, 6.45) is -0.248. The number of carbonyl (C=O) groups excluding carboxylic acids is 1. The number of aryl methyl sites for hydroxylation is 1.